The van der Waals surface area contributed by atoms with Crippen molar-refractivity contribution in [3.63, 3.8) is 0 Å². The van der Waals surface area contributed by atoms with Crippen LogP contribution < -0.4 is 5.32 Å². The van der Waals surface area contributed by atoms with Gasteiger partial charge >= 0.3 is 0 Å². The highest BCUT2D eigenvalue weighted by Crippen LogP contribution is 2.27. The van der Waals surface area contributed by atoms with Gasteiger partial charge in [0.25, 0.3) is 0 Å². The number of ether oxygens (including phenoxy) is 1. The molecule has 0 radical (unpaired) electrons. The van der Waals surface area contributed by atoms with Crippen LogP contribution in [-0.4, -0.2) is 43.8 Å². The molecule has 0 aromatic carbocycles. The van der Waals surface area contributed by atoms with Gasteiger partial charge < -0.3 is 10.1 Å². The van der Waals surface area contributed by atoms with Crippen LogP contribution in [0.1, 0.15) is 12.8 Å². The van der Waals surface area contributed by atoms with Gasteiger partial charge in [0.05, 0.1) is 23.4 Å². The van der Waals surface area contributed by atoms with Crippen LogP contribution in [0.4, 0.5) is 10.2 Å². The van der Waals surface area contributed by atoms with E-state index in [0.29, 0.717) is 17.7 Å². The fraction of sp³-hybridized carbons (Fsp3) is 0.238. The molecule has 5 heterocycles. The quantitative estimate of drug-likeness (QED) is 0.574. The molecule has 4 aromatic heterocycles. The van der Waals surface area contributed by atoms with E-state index in [1.165, 1.54) is 12.3 Å². The molecule has 0 unspecified atom stereocenters. The second kappa shape index (κ2) is 7.56. The van der Waals surface area contributed by atoms with Crippen LogP contribution in [0.15, 0.2) is 55.1 Å². The molecule has 0 saturated carbocycles. The summed E-state index contributed by atoms with van der Waals surface area (Å²) in [4.78, 5) is 17.7. The molecule has 0 atom stereocenters. The van der Waals surface area contributed by atoms with E-state index in [4.69, 9.17) is 9.72 Å². The summed E-state index contributed by atoms with van der Waals surface area (Å²) in [5.74, 6) is 1.69. The summed E-state index contributed by atoms with van der Waals surface area (Å²) in [7, 11) is 0. The standard InChI is InChI=1S/C21H19FN6O/c22-15-2-4-20(25-12-15)28-18-13-23-8-5-17(18)27-21(28)14-1-3-19(24-11-14)26-16-6-9-29-10-7-16/h1-5,8,11-13,16H,6-7,9-10H2,(H,24,26). The molecule has 1 saturated heterocycles. The number of pyridine rings is 3. The van der Waals surface area contributed by atoms with Gasteiger partial charge in [-0.05, 0) is 43.2 Å². The Kier molecular flexibility index (Phi) is 4.61. The summed E-state index contributed by atoms with van der Waals surface area (Å²) in [5, 5.41) is 3.46. The second-order valence-electron chi connectivity index (χ2n) is 6.93. The number of hydrogen-bond acceptors (Lipinski definition) is 6. The van der Waals surface area contributed by atoms with Gasteiger partial charge in [-0.15, -0.1) is 0 Å². The van der Waals surface area contributed by atoms with Crippen LogP contribution in [0.25, 0.3) is 28.2 Å². The van der Waals surface area contributed by atoms with Crippen LogP contribution in [-0.2, 0) is 4.74 Å². The molecular formula is C21H19FN6O. The number of fused-ring (bicyclic) bond motifs is 1. The minimum Gasteiger partial charge on any atom is -0.381 e. The van der Waals surface area contributed by atoms with Crippen LogP contribution in [0.5, 0.6) is 0 Å². The van der Waals surface area contributed by atoms with Gasteiger partial charge in [0.15, 0.2) is 0 Å². The smallest absolute Gasteiger partial charge is 0.148 e. The normalized spacial score (nSPS) is 14.9. The van der Waals surface area contributed by atoms with Crippen molar-refractivity contribution in [1.29, 1.82) is 0 Å². The van der Waals surface area contributed by atoms with Gasteiger partial charge in [-0.25, -0.2) is 19.3 Å². The lowest BCUT2D eigenvalue weighted by molar-refractivity contribution is 0.0904. The Hall–Kier alpha value is -3.39. The van der Waals surface area contributed by atoms with Crippen LogP contribution >= 0.6 is 0 Å². The first kappa shape index (κ1) is 17.7. The molecular weight excluding hydrogens is 371 g/mol. The molecule has 1 N–H and O–H groups in total. The first-order valence-electron chi connectivity index (χ1n) is 9.53. The predicted molar refractivity (Wildman–Crippen MR) is 107 cm³/mol. The first-order valence-corrected chi connectivity index (χ1v) is 9.53. The van der Waals surface area contributed by atoms with Crippen LogP contribution in [0.3, 0.4) is 0 Å². The van der Waals surface area contributed by atoms with Gasteiger partial charge in [-0.1, -0.05) is 0 Å². The van der Waals surface area contributed by atoms with Crippen molar-refractivity contribution in [2.75, 3.05) is 18.5 Å². The molecule has 7 nitrogen and oxygen atoms in total. The van der Waals surface area contributed by atoms with E-state index < -0.39 is 0 Å². The van der Waals surface area contributed by atoms with Gasteiger partial charge in [-0.2, -0.15) is 0 Å². The Balaban J connectivity index is 1.52. The van der Waals surface area contributed by atoms with Crippen molar-refractivity contribution >= 4 is 16.9 Å². The third-order valence-corrected chi connectivity index (χ3v) is 4.99. The van der Waals surface area contributed by atoms with E-state index >= 15 is 0 Å². The molecule has 5 rings (SSSR count). The molecule has 0 bridgehead atoms. The number of rotatable bonds is 4. The van der Waals surface area contributed by atoms with Crippen LogP contribution in [0.2, 0.25) is 0 Å². The lowest BCUT2D eigenvalue weighted by Gasteiger charge is -2.23. The summed E-state index contributed by atoms with van der Waals surface area (Å²) in [5.41, 5.74) is 2.42. The highest BCUT2D eigenvalue weighted by atomic mass is 19.1. The molecule has 8 heteroatoms. The molecule has 146 valence electrons. The van der Waals surface area contributed by atoms with E-state index in [1.807, 2.05) is 22.8 Å². The minimum atomic E-state index is -0.386. The number of nitrogens with zero attached hydrogens (tertiary/aromatic N) is 5. The Morgan fingerprint density at radius 2 is 1.90 bits per heavy atom. The molecule has 1 aliphatic rings. The number of halogens is 1. The second-order valence-corrected chi connectivity index (χ2v) is 6.93. The summed E-state index contributed by atoms with van der Waals surface area (Å²) in [6, 6.07) is 9.15. The lowest BCUT2D eigenvalue weighted by Crippen LogP contribution is -2.28. The topological polar surface area (TPSA) is 77.8 Å². The highest BCUT2D eigenvalue weighted by Gasteiger charge is 2.17. The van der Waals surface area contributed by atoms with E-state index in [9.17, 15) is 4.39 Å². The zero-order chi connectivity index (χ0) is 19.6. The first-order chi connectivity index (χ1) is 14.3. The fourth-order valence-electron chi connectivity index (χ4n) is 3.51. The van der Waals surface area contributed by atoms with Crippen LogP contribution in [0, 0.1) is 5.82 Å². The molecule has 1 fully saturated rings. The largest absolute Gasteiger partial charge is 0.381 e. The van der Waals surface area contributed by atoms with Crippen molar-refractivity contribution < 1.29 is 9.13 Å². The maximum atomic E-state index is 13.4. The van der Waals surface area contributed by atoms with E-state index in [0.717, 1.165) is 48.5 Å². The van der Waals surface area contributed by atoms with E-state index in [-0.39, 0.29) is 5.82 Å². The predicted octanol–water partition coefficient (Wildman–Crippen LogP) is 3.61. The monoisotopic (exact) mass is 390 g/mol. The van der Waals surface area contributed by atoms with Gasteiger partial charge in [0.2, 0.25) is 0 Å². The van der Waals surface area contributed by atoms with Crippen molar-refractivity contribution in [3.8, 4) is 17.2 Å². The number of aromatic nitrogens is 5. The SMILES string of the molecule is Fc1ccc(-n2c(-c3ccc(NC4CCOCC4)nc3)nc3ccncc32)nc1. The Bertz CT molecular complexity index is 1120. The summed E-state index contributed by atoms with van der Waals surface area (Å²) in [6.45, 7) is 1.55. The number of anilines is 1. The van der Waals surface area contributed by atoms with Crippen molar-refractivity contribution in [2.45, 2.75) is 18.9 Å². The molecule has 1 aliphatic heterocycles. The summed E-state index contributed by atoms with van der Waals surface area (Å²) < 4.78 is 20.6. The molecule has 0 amide bonds. The number of hydrogen-bond donors (Lipinski definition) is 1. The summed E-state index contributed by atoms with van der Waals surface area (Å²) in [6.07, 6.45) is 8.35. The average molecular weight is 390 g/mol. The maximum absolute atomic E-state index is 13.4. The van der Waals surface area contributed by atoms with Gasteiger partial charge in [0, 0.05) is 37.2 Å². The molecule has 29 heavy (non-hydrogen) atoms. The maximum Gasteiger partial charge on any atom is 0.148 e. The number of imidazole rings is 1. The lowest BCUT2D eigenvalue weighted by atomic mass is 10.1. The Morgan fingerprint density at radius 1 is 1.00 bits per heavy atom. The third-order valence-electron chi connectivity index (χ3n) is 4.99. The Labute approximate surface area is 166 Å². The molecule has 0 aliphatic carbocycles. The number of nitrogens with one attached hydrogen (secondary N) is 1. The summed E-state index contributed by atoms with van der Waals surface area (Å²) >= 11 is 0. The fourth-order valence-corrected chi connectivity index (χ4v) is 3.51. The average Bonchev–Trinajstić information content (AvgIpc) is 3.15. The highest BCUT2D eigenvalue weighted by molar-refractivity contribution is 5.81. The zero-order valence-electron chi connectivity index (χ0n) is 15.6. The third kappa shape index (κ3) is 3.54. The van der Waals surface area contributed by atoms with E-state index in [1.54, 1.807) is 24.7 Å². The van der Waals surface area contributed by atoms with Gasteiger partial charge in [0.1, 0.15) is 23.3 Å². The minimum absolute atomic E-state index is 0.376. The van der Waals surface area contributed by atoms with Crippen molar-refractivity contribution in [3.05, 3.63) is 60.9 Å². The van der Waals surface area contributed by atoms with Crippen molar-refractivity contribution in [1.82, 2.24) is 24.5 Å². The van der Waals surface area contributed by atoms with Crippen molar-refractivity contribution in [2.24, 2.45) is 0 Å². The van der Waals surface area contributed by atoms with E-state index in [2.05, 4.69) is 20.3 Å². The molecule has 0 spiro atoms. The Morgan fingerprint density at radius 3 is 2.66 bits per heavy atom. The zero-order valence-corrected chi connectivity index (χ0v) is 15.6. The van der Waals surface area contributed by atoms with Gasteiger partial charge in [-0.3, -0.25) is 9.55 Å². The molecule has 4 aromatic rings.